The third-order valence-electron chi connectivity index (χ3n) is 4.12. The smallest absolute Gasteiger partial charge is 0.270 e. The SMILES string of the molecule is Cc1cccnc1C(=O)NC1CCC2(CC1)OCCO2. The van der Waals surface area contributed by atoms with E-state index in [0.29, 0.717) is 18.9 Å². The zero-order valence-corrected chi connectivity index (χ0v) is 11.7. The minimum Gasteiger partial charge on any atom is -0.348 e. The third-order valence-corrected chi connectivity index (χ3v) is 4.12. The van der Waals surface area contributed by atoms with Gasteiger partial charge in [-0.05, 0) is 31.4 Å². The zero-order chi connectivity index (χ0) is 14.0. The maximum atomic E-state index is 12.2. The molecule has 3 rings (SSSR count). The van der Waals surface area contributed by atoms with E-state index >= 15 is 0 Å². The number of rotatable bonds is 2. The molecular formula is C15H20N2O3. The van der Waals surface area contributed by atoms with Crippen molar-refractivity contribution in [1.82, 2.24) is 10.3 Å². The van der Waals surface area contributed by atoms with Crippen LogP contribution < -0.4 is 5.32 Å². The number of ether oxygens (including phenoxy) is 2. The van der Waals surface area contributed by atoms with Crippen LogP contribution in [0.25, 0.3) is 0 Å². The molecular weight excluding hydrogens is 256 g/mol. The van der Waals surface area contributed by atoms with Crippen LogP contribution in [-0.4, -0.2) is 35.9 Å². The Morgan fingerprint density at radius 3 is 2.70 bits per heavy atom. The normalized spacial score (nSPS) is 22.1. The molecule has 1 N–H and O–H groups in total. The highest BCUT2D eigenvalue weighted by Crippen LogP contribution is 2.35. The first-order chi connectivity index (χ1) is 9.69. The predicted octanol–water partition coefficient (Wildman–Crippen LogP) is 1.81. The number of hydrogen-bond acceptors (Lipinski definition) is 4. The van der Waals surface area contributed by atoms with Gasteiger partial charge in [0.2, 0.25) is 0 Å². The summed E-state index contributed by atoms with van der Waals surface area (Å²) in [6.45, 7) is 3.27. The molecule has 1 aliphatic carbocycles. The maximum Gasteiger partial charge on any atom is 0.270 e. The number of aromatic nitrogens is 1. The Bertz CT molecular complexity index is 488. The third kappa shape index (κ3) is 2.69. The van der Waals surface area contributed by atoms with Crippen LogP contribution in [0.4, 0.5) is 0 Å². The molecule has 2 fully saturated rings. The number of carbonyl (C=O) groups excluding carboxylic acids is 1. The first kappa shape index (κ1) is 13.5. The summed E-state index contributed by atoms with van der Waals surface area (Å²) in [6, 6.07) is 3.92. The molecule has 2 heterocycles. The number of carbonyl (C=O) groups is 1. The summed E-state index contributed by atoms with van der Waals surface area (Å²) < 4.78 is 11.4. The lowest BCUT2D eigenvalue weighted by molar-refractivity contribution is -0.179. The van der Waals surface area contributed by atoms with Gasteiger partial charge in [-0.25, -0.2) is 0 Å². The molecule has 5 heteroatoms. The van der Waals surface area contributed by atoms with Gasteiger partial charge in [0.1, 0.15) is 5.69 Å². The van der Waals surface area contributed by atoms with E-state index in [9.17, 15) is 4.79 Å². The molecule has 2 aliphatic rings. The summed E-state index contributed by atoms with van der Waals surface area (Å²) >= 11 is 0. The van der Waals surface area contributed by atoms with E-state index in [2.05, 4.69) is 10.3 Å². The van der Waals surface area contributed by atoms with Gasteiger partial charge < -0.3 is 14.8 Å². The lowest BCUT2D eigenvalue weighted by Crippen LogP contribution is -2.44. The first-order valence-corrected chi connectivity index (χ1v) is 7.19. The van der Waals surface area contributed by atoms with Crippen LogP contribution in [-0.2, 0) is 9.47 Å². The summed E-state index contributed by atoms with van der Waals surface area (Å²) in [5.74, 6) is -0.459. The van der Waals surface area contributed by atoms with E-state index in [1.807, 2.05) is 19.1 Å². The molecule has 1 saturated carbocycles. The lowest BCUT2D eigenvalue weighted by Gasteiger charge is -2.35. The molecule has 0 aromatic carbocycles. The molecule has 0 unspecified atom stereocenters. The van der Waals surface area contributed by atoms with Gasteiger partial charge in [0, 0.05) is 25.1 Å². The summed E-state index contributed by atoms with van der Waals surface area (Å²) in [6.07, 6.45) is 5.12. The van der Waals surface area contributed by atoms with E-state index in [0.717, 1.165) is 31.2 Å². The second kappa shape index (κ2) is 5.50. The molecule has 20 heavy (non-hydrogen) atoms. The van der Waals surface area contributed by atoms with Crippen molar-refractivity contribution in [2.75, 3.05) is 13.2 Å². The molecule has 0 radical (unpaired) electrons. The van der Waals surface area contributed by atoms with Gasteiger partial charge in [-0.2, -0.15) is 0 Å². The fourth-order valence-corrected chi connectivity index (χ4v) is 2.96. The zero-order valence-electron chi connectivity index (χ0n) is 11.7. The maximum absolute atomic E-state index is 12.2. The van der Waals surface area contributed by atoms with Crippen molar-refractivity contribution in [1.29, 1.82) is 0 Å². The van der Waals surface area contributed by atoms with Gasteiger partial charge in [-0.15, -0.1) is 0 Å². The number of pyridine rings is 1. The Balaban J connectivity index is 1.57. The van der Waals surface area contributed by atoms with Crippen molar-refractivity contribution in [3.05, 3.63) is 29.6 Å². The minimum absolute atomic E-state index is 0.0858. The summed E-state index contributed by atoms with van der Waals surface area (Å²) in [5, 5.41) is 3.07. The van der Waals surface area contributed by atoms with Gasteiger partial charge in [0.15, 0.2) is 5.79 Å². The minimum atomic E-state index is -0.373. The van der Waals surface area contributed by atoms with E-state index in [1.165, 1.54) is 0 Å². The molecule has 1 aromatic rings. The van der Waals surface area contributed by atoms with Crippen molar-refractivity contribution in [2.45, 2.75) is 44.4 Å². The Labute approximate surface area is 118 Å². The average molecular weight is 276 g/mol. The lowest BCUT2D eigenvalue weighted by atomic mass is 9.90. The molecule has 1 spiro atoms. The quantitative estimate of drug-likeness (QED) is 0.895. The summed E-state index contributed by atoms with van der Waals surface area (Å²) in [5.41, 5.74) is 1.42. The topological polar surface area (TPSA) is 60.5 Å². The number of hydrogen-bond donors (Lipinski definition) is 1. The van der Waals surface area contributed by atoms with Crippen LogP contribution in [0.15, 0.2) is 18.3 Å². The molecule has 1 aromatic heterocycles. The van der Waals surface area contributed by atoms with Crippen LogP contribution in [0, 0.1) is 6.92 Å². The molecule has 5 nitrogen and oxygen atoms in total. The van der Waals surface area contributed by atoms with Crippen LogP contribution in [0.1, 0.15) is 41.7 Å². The van der Waals surface area contributed by atoms with Crippen molar-refractivity contribution in [3.63, 3.8) is 0 Å². The fourth-order valence-electron chi connectivity index (χ4n) is 2.96. The Morgan fingerprint density at radius 2 is 2.05 bits per heavy atom. The predicted molar refractivity (Wildman–Crippen MR) is 73.3 cm³/mol. The summed E-state index contributed by atoms with van der Waals surface area (Å²) in [7, 11) is 0. The number of amides is 1. The van der Waals surface area contributed by atoms with Crippen molar-refractivity contribution < 1.29 is 14.3 Å². The van der Waals surface area contributed by atoms with Gasteiger partial charge in [-0.3, -0.25) is 9.78 Å². The highest BCUT2D eigenvalue weighted by molar-refractivity contribution is 5.93. The Morgan fingerprint density at radius 1 is 1.35 bits per heavy atom. The standard InChI is InChI=1S/C15H20N2O3/c1-11-3-2-8-16-13(11)14(18)17-12-4-6-15(7-5-12)19-9-10-20-15/h2-3,8,12H,4-7,9-10H2,1H3,(H,17,18). The molecule has 108 valence electrons. The van der Waals surface area contributed by atoms with Gasteiger partial charge >= 0.3 is 0 Å². The van der Waals surface area contributed by atoms with E-state index in [-0.39, 0.29) is 17.7 Å². The van der Waals surface area contributed by atoms with Crippen LogP contribution in [0.2, 0.25) is 0 Å². The van der Waals surface area contributed by atoms with E-state index in [1.54, 1.807) is 6.20 Å². The molecule has 1 amide bonds. The molecule has 0 bridgehead atoms. The average Bonchev–Trinajstić information content (AvgIpc) is 2.90. The summed E-state index contributed by atoms with van der Waals surface area (Å²) in [4.78, 5) is 16.4. The van der Waals surface area contributed by atoms with Crippen LogP contribution >= 0.6 is 0 Å². The molecule has 1 aliphatic heterocycles. The van der Waals surface area contributed by atoms with E-state index in [4.69, 9.17) is 9.47 Å². The van der Waals surface area contributed by atoms with Crippen molar-refractivity contribution in [2.24, 2.45) is 0 Å². The Hall–Kier alpha value is -1.46. The molecule has 0 atom stereocenters. The fraction of sp³-hybridized carbons (Fsp3) is 0.600. The highest BCUT2D eigenvalue weighted by Gasteiger charge is 2.40. The monoisotopic (exact) mass is 276 g/mol. The second-order valence-electron chi connectivity index (χ2n) is 5.52. The number of nitrogens with zero attached hydrogens (tertiary/aromatic N) is 1. The molecule has 1 saturated heterocycles. The second-order valence-corrected chi connectivity index (χ2v) is 5.52. The first-order valence-electron chi connectivity index (χ1n) is 7.19. The number of aryl methyl sites for hydroxylation is 1. The van der Waals surface area contributed by atoms with Crippen molar-refractivity contribution >= 4 is 5.91 Å². The highest BCUT2D eigenvalue weighted by atomic mass is 16.7. The van der Waals surface area contributed by atoms with Crippen LogP contribution in [0.5, 0.6) is 0 Å². The van der Waals surface area contributed by atoms with E-state index < -0.39 is 0 Å². The van der Waals surface area contributed by atoms with Gasteiger partial charge in [0.05, 0.1) is 13.2 Å². The van der Waals surface area contributed by atoms with Crippen molar-refractivity contribution in [3.8, 4) is 0 Å². The van der Waals surface area contributed by atoms with Gasteiger partial charge in [0.25, 0.3) is 5.91 Å². The van der Waals surface area contributed by atoms with Crippen LogP contribution in [0.3, 0.4) is 0 Å². The number of nitrogens with one attached hydrogen (secondary N) is 1. The Kier molecular flexibility index (Phi) is 3.72. The largest absolute Gasteiger partial charge is 0.348 e. The van der Waals surface area contributed by atoms with Gasteiger partial charge in [-0.1, -0.05) is 6.07 Å².